The lowest BCUT2D eigenvalue weighted by Gasteiger charge is -2.22. The standard InChI is InChI=1S/C23H22ClFN2O3S/c1-16-3-7-18(8-4-16)14-27(31(29,30)20-10-5-17(2)6-11-20)15-23(28)26-19-9-12-22(25)21(24)13-19/h3-13H,14-15H2,1-2H3,(H,26,28). The maximum Gasteiger partial charge on any atom is 0.243 e. The number of nitrogens with zero attached hydrogens (tertiary/aromatic N) is 1. The summed E-state index contributed by atoms with van der Waals surface area (Å²) in [4.78, 5) is 12.7. The van der Waals surface area contributed by atoms with Gasteiger partial charge in [-0.05, 0) is 49.7 Å². The van der Waals surface area contributed by atoms with Gasteiger partial charge in [0.25, 0.3) is 0 Å². The highest BCUT2D eigenvalue weighted by molar-refractivity contribution is 7.89. The predicted octanol–water partition coefficient (Wildman–Crippen LogP) is 4.93. The molecule has 162 valence electrons. The van der Waals surface area contributed by atoms with Crippen LogP contribution in [0.25, 0.3) is 0 Å². The first-order valence-electron chi connectivity index (χ1n) is 9.52. The van der Waals surface area contributed by atoms with Gasteiger partial charge in [0.15, 0.2) is 0 Å². The van der Waals surface area contributed by atoms with Crippen molar-refractivity contribution in [3.05, 3.63) is 94.3 Å². The summed E-state index contributed by atoms with van der Waals surface area (Å²) in [5.74, 6) is -1.17. The van der Waals surface area contributed by atoms with Crippen LogP contribution in [0.15, 0.2) is 71.6 Å². The summed E-state index contributed by atoms with van der Waals surface area (Å²) < 4.78 is 41.0. The van der Waals surface area contributed by atoms with E-state index in [-0.39, 0.29) is 22.2 Å². The monoisotopic (exact) mass is 460 g/mol. The van der Waals surface area contributed by atoms with E-state index in [2.05, 4.69) is 5.32 Å². The first-order valence-corrected chi connectivity index (χ1v) is 11.3. The van der Waals surface area contributed by atoms with Crippen molar-refractivity contribution in [3.8, 4) is 0 Å². The summed E-state index contributed by atoms with van der Waals surface area (Å²) in [5.41, 5.74) is 3.00. The summed E-state index contributed by atoms with van der Waals surface area (Å²) in [5, 5.41) is 2.43. The van der Waals surface area contributed by atoms with Gasteiger partial charge in [0.2, 0.25) is 15.9 Å². The van der Waals surface area contributed by atoms with Crippen LogP contribution in [-0.4, -0.2) is 25.2 Å². The lowest BCUT2D eigenvalue weighted by molar-refractivity contribution is -0.116. The summed E-state index contributed by atoms with van der Waals surface area (Å²) >= 11 is 5.76. The topological polar surface area (TPSA) is 66.5 Å². The van der Waals surface area contributed by atoms with Crippen molar-refractivity contribution >= 4 is 33.2 Å². The molecule has 0 aliphatic heterocycles. The van der Waals surface area contributed by atoms with Crippen LogP contribution in [0.1, 0.15) is 16.7 Å². The molecule has 0 atom stereocenters. The van der Waals surface area contributed by atoms with Crippen molar-refractivity contribution in [1.82, 2.24) is 4.31 Å². The fourth-order valence-electron chi connectivity index (χ4n) is 2.92. The number of benzene rings is 3. The van der Waals surface area contributed by atoms with Gasteiger partial charge in [-0.3, -0.25) is 4.79 Å². The number of carbonyl (C=O) groups is 1. The first-order chi connectivity index (χ1) is 14.6. The van der Waals surface area contributed by atoms with Crippen LogP contribution in [0.3, 0.4) is 0 Å². The Morgan fingerprint density at radius 2 is 1.55 bits per heavy atom. The lowest BCUT2D eigenvalue weighted by atomic mass is 10.1. The number of carbonyl (C=O) groups excluding carboxylic acids is 1. The van der Waals surface area contributed by atoms with Gasteiger partial charge in [-0.2, -0.15) is 4.31 Å². The largest absolute Gasteiger partial charge is 0.325 e. The Balaban J connectivity index is 1.87. The number of amides is 1. The van der Waals surface area contributed by atoms with Crippen molar-refractivity contribution in [2.45, 2.75) is 25.3 Å². The van der Waals surface area contributed by atoms with Gasteiger partial charge in [-0.1, -0.05) is 59.1 Å². The third-order valence-electron chi connectivity index (χ3n) is 4.66. The Hall–Kier alpha value is -2.74. The van der Waals surface area contributed by atoms with Gasteiger partial charge in [0.05, 0.1) is 16.5 Å². The van der Waals surface area contributed by atoms with E-state index in [0.29, 0.717) is 0 Å². The minimum atomic E-state index is -3.94. The zero-order valence-corrected chi connectivity index (χ0v) is 18.7. The summed E-state index contributed by atoms with van der Waals surface area (Å²) in [6.45, 7) is 3.40. The molecule has 0 saturated heterocycles. The van der Waals surface area contributed by atoms with E-state index < -0.39 is 28.3 Å². The van der Waals surface area contributed by atoms with Gasteiger partial charge in [-0.15, -0.1) is 0 Å². The van der Waals surface area contributed by atoms with Crippen LogP contribution < -0.4 is 5.32 Å². The van der Waals surface area contributed by atoms with Gasteiger partial charge >= 0.3 is 0 Å². The molecule has 0 aliphatic carbocycles. The van der Waals surface area contributed by atoms with Gasteiger partial charge < -0.3 is 5.32 Å². The second-order valence-electron chi connectivity index (χ2n) is 7.25. The van der Waals surface area contributed by atoms with Gasteiger partial charge in [0, 0.05) is 12.2 Å². The highest BCUT2D eigenvalue weighted by atomic mass is 35.5. The van der Waals surface area contributed by atoms with Crippen molar-refractivity contribution in [2.75, 3.05) is 11.9 Å². The summed E-state index contributed by atoms with van der Waals surface area (Å²) in [6.07, 6.45) is 0. The number of rotatable bonds is 7. The van der Waals surface area contributed by atoms with Crippen LogP contribution in [0.5, 0.6) is 0 Å². The molecule has 5 nitrogen and oxygen atoms in total. The Morgan fingerprint density at radius 1 is 0.968 bits per heavy atom. The molecule has 31 heavy (non-hydrogen) atoms. The molecule has 0 aliphatic rings. The quantitative estimate of drug-likeness (QED) is 0.544. The molecule has 0 fully saturated rings. The average molecular weight is 461 g/mol. The fraction of sp³-hybridized carbons (Fsp3) is 0.174. The molecular formula is C23H22ClFN2O3S. The second kappa shape index (κ2) is 9.60. The van der Waals surface area contributed by atoms with E-state index >= 15 is 0 Å². The highest BCUT2D eigenvalue weighted by Gasteiger charge is 2.27. The van der Waals surface area contributed by atoms with Crippen molar-refractivity contribution in [2.24, 2.45) is 0 Å². The zero-order chi connectivity index (χ0) is 22.6. The van der Waals surface area contributed by atoms with Gasteiger partial charge in [0.1, 0.15) is 5.82 Å². The first kappa shape index (κ1) is 22.9. The predicted molar refractivity (Wildman–Crippen MR) is 120 cm³/mol. The molecular weight excluding hydrogens is 439 g/mol. The van der Waals surface area contributed by atoms with Crippen molar-refractivity contribution < 1.29 is 17.6 Å². The molecule has 0 saturated carbocycles. The number of anilines is 1. The minimum absolute atomic E-state index is 0.0219. The molecule has 3 aromatic rings. The maximum absolute atomic E-state index is 13.4. The zero-order valence-electron chi connectivity index (χ0n) is 17.1. The molecule has 0 bridgehead atoms. The van der Waals surface area contributed by atoms with Crippen LogP contribution in [0.4, 0.5) is 10.1 Å². The molecule has 3 rings (SSSR count). The molecule has 0 spiro atoms. The number of aryl methyl sites for hydroxylation is 2. The fourth-order valence-corrected chi connectivity index (χ4v) is 4.48. The Bertz CT molecular complexity index is 1180. The summed E-state index contributed by atoms with van der Waals surface area (Å²) in [7, 11) is -3.94. The van der Waals surface area contributed by atoms with Gasteiger partial charge in [-0.25, -0.2) is 12.8 Å². The molecule has 0 unspecified atom stereocenters. The number of sulfonamides is 1. The molecule has 8 heteroatoms. The Morgan fingerprint density at radius 3 is 2.13 bits per heavy atom. The van der Waals surface area contributed by atoms with E-state index in [1.165, 1.54) is 24.3 Å². The smallest absolute Gasteiger partial charge is 0.243 e. The molecule has 0 radical (unpaired) electrons. The SMILES string of the molecule is Cc1ccc(CN(CC(=O)Nc2ccc(F)c(Cl)c2)S(=O)(=O)c2ccc(C)cc2)cc1. The second-order valence-corrected chi connectivity index (χ2v) is 9.59. The van der Waals surface area contributed by atoms with Crippen LogP contribution in [0, 0.1) is 19.7 Å². The number of halogens is 2. The average Bonchev–Trinajstić information content (AvgIpc) is 2.72. The Kier molecular flexibility index (Phi) is 7.10. The third kappa shape index (κ3) is 5.91. The Labute approximate surface area is 186 Å². The molecule has 0 heterocycles. The molecule has 0 aromatic heterocycles. The highest BCUT2D eigenvalue weighted by Crippen LogP contribution is 2.21. The van der Waals surface area contributed by atoms with Crippen LogP contribution in [0.2, 0.25) is 5.02 Å². The third-order valence-corrected chi connectivity index (χ3v) is 6.76. The van der Waals surface area contributed by atoms with Crippen LogP contribution >= 0.6 is 11.6 Å². The molecule has 1 amide bonds. The molecule has 3 aromatic carbocycles. The van der Waals surface area contributed by atoms with E-state index in [0.717, 1.165) is 27.1 Å². The molecule has 1 N–H and O–H groups in total. The maximum atomic E-state index is 13.4. The summed E-state index contributed by atoms with van der Waals surface area (Å²) in [6, 6.07) is 17.6. The van der Waals surface area contributed by atoms with Crippen molar-refractivity contribution in [1.29, 1.82) is 0 Å². The number of nitrogens with one attached hydrogen (secondary N) is 1. The number of hydrogen-bond donors (Lipinski definition) is 1. The van der Waals surface area contributed by atoms with Crippen molar-refractivity contribution in [3.63, 3.8) is 0 Å². The van der Waals surface area contributed by atoms with E-state index in [1.54, 1.807) is 12.1 Å². The van der Waals surface area contributed by atoms with E-state index in [4.69, 9.17) is 11.6 Å². The number of hydrogen-bond acceptors (Lipinski definition) is 3. The van der Waals surface area contributed by atoms with E-state index in [9.17, 15) is 17.6 Å². The van der Waals surface area contributed by atoms with E-state index in [1.807, 2.05) is 38.1 Å². The normalized spacial score (nSPS) is 11.5. The minimum Gasteiger partial charge on any atom is -0.325 e. The van der Waals surface area contributed by atoms with Crippen LogP contribution in [-0.2, 0) is 21.4 Å². The lowest BCUT2D eigenvalue weighted by Crippen LogP contribution is -2.37.